The number of halogens is 4. The summed E-state index contributed by atoms with van der Waals surface area (Å²) in [5.74, 6) is -0.491. The van der Waals surface area contributed by atoms with Gasteiger partial charge in [-0.25, -0.2) is 4.98 Å². The molecule has 3 aromatic heterocycles. The van der Waals surface area contributed by atoms with Crippen LogP contribution in [0.4, 0.5) is 13.2 Å². The van der Waals surface area contributed by atoms with Crippen LogP contribution in [0.3, 0.4) is 0 Å². The van der Waals surface area contributed by atoms with Gasteiger partial charge in [-0.1, -0.05) is 36.7 Å². The average molecular weight is 435 g/mol. The van der Waals surface area contributed by atoms with E-state index in [1.54, 1.807) is 6.92 Å². The molecule has 0 aliphatic rings. The lowest BCUT2D eigenvalue weighted by Gasteiger charge is -2.10. The number of pyridine rings is 1. The number of hydrogen-bond acceptors (Lipinski definition) is 2. The first-order chi connectivity index (χ1) is 14.3. The molecule has 0 saturated carbocycles. The molecule has 0 saturated heterocycles. The zero-order valence-electron chi connectivity index (χ0n) is 16.0. The van der Waals surface area contributed by atoms with Gasteiger partial charge in [-0.15, -0.1) is 0 Å². The molecule has 0 aliphatic heterocycles. The average Bonchev–Trinajstić information content (AvgIpc) is 3.29. The summed E-state index contributed by atoms with van der Waals surface area (Å²) in [6.45, 7) is 2.10. The van der Waals surface area contributed by atoms with Gasteiger partial charge in [0.15, 0.2) is 5.65 Å². The van der Waals surface area contributed by atoms with E-state index in [4.69, 9.17) is 11.6 Å². The molecule has 0 atom stereocenters. The number of rotatable bonds is 5. The number of benzene rings is 1. The van der Waals surface area contributed by atoms with Crippen molar-refractivity contribution in [2.75, 3.05) is 6.54 Å². The van der Waals surface area contributed by atoms with Crippen molar-refractivity contribution in [3.8, 4) is 0 Å². The molecule has 3 heterocycles. The Morgan fingerprint density at radius 3 is 2.80 bits per heavy atom. The topological polar surface area (TPSA) is 62.2 Å². The summed E-state index contributed by atoms with van der Waals surface area (Å²) in [6.07, 6.45) is -0.884. The summed E-state index contributed by atoms with van der Waals surface area (Å²) in [5, 5.41) is 3.71. The molecule has 0 aliphatic carbocycles. The van der Waals surface area contributed by atoms with E-state index in [0.29, 0.717) is 25.1 Å². The number of H-pyrrole nitrogens is 1. The van der Waals surface area contributed by atoms with Crippen molar-refractivity contribution in [3.05, 3.63) is 70.3 Å². The zero-order valence-corrected chi connectivity index (χ0v) is 16.7. The van der Waals surface area contributed by atoms with Gasteiger partial charge >= 0.3 is 6.18 Å². The molecule has 0 radical (unpaired) electrons. The van der Waals surface area contributed by atoms with Crippen LogP contribution in [0.5, 0.6) is 0 Å². The van der Waals surface area contributed by atoms with Gasteiger partial charge in [0.25, 0.3) is 5.91 Å². The van der Waals surface area contributed by atoms with Crippen molar-refractivity contribution < 1.29 is 18.0 Å². The Kier molecular flexibility index (Phi) is 5.19. The van der Waals surface area contributed by atoms with Gasteiger partial charge in [0.05, 0.1) is 16.3 Å². The van der Waals surface area contributed by atoms with E-state index in [0.717, 1.165) is 33.1 Å². The van der Waals surface area contributed by atoms with Gasteiger partial charge < -0.3 is 10.3 Å². The number of carbonyl (C=O) groups excluding carboxylic acids is 1. The van der Waals surface area contributed by atoms with Crippen LogP contribution in [0.2, 0.25) is 5.02 Å². The number of fused-ring (bicyclic) bond motifs is 2. The van der Waals surface area contributed by atoms with Crippen LogP contribution in [0, 0.1) is 0 Å². The minimum atomic E-state index is -4.59. The van der Waals surface area contributed by atoms with Gasteiger partial charge in [0.2, 0.25) is 0 Å². The zero-order chi connectivity index (χ0) is 21.5. The predicted octanol–water partition coefficient (Wildman–Crippen LogP) is 5.02. The Labute approximate surface area is 174 Å². The predicted molar refractivity (Wildman–Crippen MR) is 109 cm³/mol. The van der Waals surface area contributed by atoms with Crippen molar-refractivity contribution >= 4 is 34.1 Å². The Morgan fingerprint density at radius 1 is 1.30 bits per heavy atom. The van der Waals surface area contributed by atoms with Crippen LogP contribution in [0.15, 0.2) is 42.7 Å². The van der Waals surface area contributed by atoms with Crippen molar-refractivity contribution in [3.63, 3.8) is 0 Å². The molecule has 1 aromatic carbocycles. The van der Waals surface area contributed by atoms with Crippen molar-refractivity contribution in [2.45, 2.75) is 25.9 Å². The van der Waals surface area contributed by atoms with Crippen LogP contribution >= 0.6 is 11.6 Å². The molecule has 5 nitrogen and oxygen atoms in total. The first-order valence-corrected chi connectivity index (χ1v) is 9.78. The SMILES string of the molecule is CCc1nc2c(Cl)cc(C(F)(F)F)cn2c1C(=O)NCCc1c[nH]c2ccccc12. The Morgan fingerprint density at radius 2 is 2.07 bits per heavy atom. The molecule has 4 rings (SSSR count). The van der Waals surface area contributed by atoms with Crippen LogP contribution in [-0.4, -0.2) is 26.8 Å². The standard InChI is InChI=1S/C21H18ClF3N4O/c1-2-16-18(29-11-13(21(23,24)25)9-15(22)19(29)28-16)20(30)26-8-7-12-10-27-17-6-4-3-5-14(12)17/h3-6,9-11,27H,2,7-8H2,1H3,(H,26,30). The molecule has 0 spiro atoms. The fraction of sp³-hybridized carbons (Fsp3) is 0.238. The van der Waals surface area contributed by atoms with Crippen LogP contribution < -0.4 is 5.32 Å². The number of nitrogens with one attached hydrogen (secondary N) is 2. The summed E-state index contributed by atoms with van der Waals surface area (Å²) in [5.41, 5.74) is 1.70. The van der Waals surface area contributed by atoms with E-state index in [9.17, 15) is 18.0 Å². The van der Waals surface area contributed by atoms with E-state index in [1.165, 1.54) is 0 Å². The van der Waals surface area contributed by atoms with Gasteiger partial charge in [-0.3, -0.25) is 9.20 Å². The first kappa shape index (κ1) is 20.3. The molecule has 30 heavy (non-hydrogen) atoms. The summed E-state index contributed by atoms with van der Waals surface area (Å²) in [6, 6.07) is 8.64. The Bertz CT molecular complexity index is 1240. The number of imidazole rings is 1. The maximum absolute atomic E-state index is 13.2. The Hall–Kier alpha value is -3.00. The number of nitrogens with zero attached hydrogens (tertiary/aromatic N) is 2. The number of carbonyl (C=O) groups is 1. The maximum atomic E-state index is 13.2. The van der Waals surface area contributed by atoms with E-state index in [2.05, 4.69) is 15.3 Å². The highest BCUT2D eigenvalue weighted by Crippen LogP contribution is 2.33. The molecule has 9 heteroatoms. The van der Waals surface area contributed by atoms with Crippen LogP contribution in [-0.2, 0) is 19.0 Å². The first-order valence-electron chi connectivity index (χ1n) is 9.40. The van der Waals surface area contributed by atoms with Gasteiger partial charge in [-0.2, -0.15) is 13.2 Å². The van der Waals surface area contributed by atoms with Crippen molar-refractivity contribution in [2.24, 2.45) is 0 Å². The summed E-state index contributed by atoms with van der Waals surface area (Å²) < 4.78 is 40.8. The quantitative estimate of drug-likeness (QED) is 0.463. The normalized spacial score (nSPS) is 12.0. The third kappa shape index (κ3) is 3.63. The highest BCUT2D eigenvalue weighted by molar-refractivity contribution is 6.33. The van der Waals surface area contributed by atoms with E-state index in [-0.39, 0.29) is 16.4 Å². The number of aryl methyl sites for hydroxylation is 1. The molecule has 156 valence electrons. The largest absolute Gasteiger partial charge is 0.417 e. The number of aromatic amines is 1. The summed E-state index contributed by atoms with van der Waals surface area (Å²) >= 11 is 6.02. The summed E-state index contributed by atoms with van der Waals surface area (Å²) in [7, 11) is 0. The Balaban J connectivity index is 1.61. The molecule has 1 amide bonds. The second-order valence-corrected chi connectivity index (χ2v) is 7.30. The third-order valence-corrected chi connectivity index (χ3v) is 5.26. The highest BCUT2D eigenvalue weighted by atomic mass is 35.5. The number of hydrogen-bond donors (Lipinski definition) is 2. The fourth-order valence-corrected chi connectivity index (χ4v) is 3.78. The van der Waals surface area contributed by atoms with E-state index < -0.39 is 17.6 Å². The van der Waals surface area contributed by atoms with Gasteiger partial charge in [0, 0.05) is 29.8 Å². The second-order valence-electron chi connectivity index (χ2n) is 6.89. The minimum Gasteiger partial charge on any atom is -0.361 e. The monoisotopic (exact) mass is 434 g/mol. The molecular weight excluding hydrogens is 417 g/mol. The third-order valence-electron chi connectivity index (χ3n) is 4.98. The van der Waals surface area contributed by atoms with E-state index >= 15 is 0 Å². The molecule has 4 aromatic rings. The fourth-order valence-electron chi connectivity index (χ4n) is 3.53. The number of amides is 1. The lowest BCUT2D eigenvalue weighted by Crippen LogP contribution is -2.28. The lowest BCUT2D eigenvalue weighted by atomic mass is 10.1. The lowest BCUT2D eigenvalue weighted by molar-refractivity contribution is -0.137. The van der Waals surface area contributed by atoms with E-state index in [1.807, 2.05) is 30.5 Å². The minimum absolute atomic E-state index is 0.0689. The maximum Gasteiger partial charge on any atom is 0.417 e. The van der Waals surface area contributed by atoms with Crippen molar-refractivity contribution in [1.82, 2.24) is 19.7 Å². The number of alkyl halides is 3. The molecule has 0 bridgehead atoms. The molecule has 0 fully saturated rings. The van der Waals surface area contributed by atoms with Crippen LogP contribution in [0.1, 0.15) is 34.2 Å². The number of aromatic nitrogens is 3. The van der Waals surface area contributed by atoms with Gasteiger partial charge in [-0.05, 0) is 30.5 Å². The number of para-hydroxylation sites is 1. The van der Waals surface area contributed by atoms with Gasteiger partial charge in [0.1, 0.15) is 5.69 Å². The second kappa shape index (κ2) is 7.68. The highest BCUT2D eigenvalue weighted by Gasteiger charge is 2.33. The molecule has 0 unspecified atom stereocenters. The summed E-state index contributed by atoms with van der Waals surface area (Å²) in [4.78, 5) is 20.3. The van der Waals surface area contributed by atoms with Crippen LogP contribution in [0.25, 0.3) is 16.6 Å². The van der Waals surface area contributed by atoms with Crippen molar-refractivity contribution in [1.29, 1.82) is 0 Å². The smallest absolute Gasteiger partial charge is 0.361 e. The molecule has 2 N–H and O–H groups in total. The molecular formula is C21H18ClF3N4O.